The molecule has 0 radical (unpaired) electrons. The SMILES string of the molecule is CNC(=O)C(C)(C)CNC(=O)C1(C)CCCCN1. The monoisotopic (exact) mass is 255 g/mol. The zero-order valence-corrected chi connectivity index (χ0v) is 11.9. The van der Waals surface area contributed by atoms with Gasteiger partial charge in [0.05, 0.1) is 11.0 Å². The van der Waals surface area contributed by atoms with Crippen LogP contribution in [0.4, 0.5) is 0 Å². The van der Waals surface area contributed by atoms with E-state index in [1.807, 2.05) is 20.8 Å². The first-order chi connectivity index (χ1) is 8.32. The molecule has 3 N–H and O–H groups in total. The number of hydrogen-bond acceptors (Lipinski definition) is 3. The van der Waals surface area contributed by atoms with E-state index in [0.29, 0.717) is 6.54 Å². The second-order valence-electron chi connectivity index (χ2n) is 5.86. The molecule has 1 atom stereocenters. The summed E-state index contributed by atoms with van der Waals surface area (Å²) in [7, 11) is 1.61. The Morgan fingerprint density at radius 2 is 2.00 bits per heavy atom. The third-order valence-electron chi connectivity index (χ3n) is 3.65. The number of amides is 2. The summed E-state index contributed by atoms with van der Waals surface area (Å²) in [6.07, 6.45) is 3.03. The number of hydrogen-bond donors (Lipinski definition) is 3. The fourth-order valence-corrected chi connectivity index (χ4v) is 2.17. The molecule has 1 fully saturated rings. The number of piperidine rings is 1. The minimum atomic E-state index is -0.588. The minimum absolute atomic E-state index is 0.0146. The molecular formula is C13H25N3O2. The van der Waals surface area contributed by atoms with Crippen molar-refractivity contribution < 1.29 is 9.59 Å². The molecule has 1 saturated heterocycles. The van der Waals surface area contributed by atoms with E-state index in [1.54, 1.807) is 7.05 Å². The van der Waals surface area contributed by atoms with Gasteiger partial charge < -0.3 is 16.0 Å². The van der Waals surface area contributed by atoms with Gasteiger partial charge in [0.1, 0.15) is 0 Å². The Balaban J connectivity index is 2.52. The van der Waals surface area contributed by atoms with Crippen LogP contribution in [0.5, 0.6) is 0 Å². The number of carbonyl (C=O) groups is 2. The van der Waals surface area contributed by atoms with Crippen molar-refractivity contribution in [3.8, 4) is 0 Å². The summed E-state index contributed by atoms with van der Waals surface area (Å²) >= 11 is 0. The van der Waals surface area contributed by atoms with E-state index in [0.717, 1.165) is 25.8 Å². The van der Waals surface area contributed by atoms with Crippen LogP contribution in [0.1, 0.15) is 40.0 Å². The summed E-state index contributed by atoms with van der Waals surface area (Å²) in [4.78, 5) is 23.8. The molecule has 0 aromatic heterocycles. The maximum absolute atomic E-state index is 12.2. The van der Waals surface area contributed by atoms with Crippen molar-refractivity contribution in [3.05, 3.63) is 0 Å². The normalized spacial score (nSPS) is 24.4. The fourth-order valence-electron chi connectivity index (χ4n) is 2.17. The quantitative estimate of drug-likeness (QED) is 0.681. The number of nitrogens with one attached hydrogen (secondary N) is 3. The molecule has 5 nitrogen and oxygen atoms in total. The fraction of sp³-hybridized carbons (Fsp3) is 0.846. The van der Waals surface area contributed by atoms with Crippen molar-refractivity contribution in [1.29, 1.82) is 0 Å². The second kappa shape index (κ2) is 5.69. The Bertz CT molecular complexity index is 320. The molecule has 0 aromatic carbocycles. The molecule has 2 amide bonds. The lowest BCUT2D eigenvalue weighted by atomic mass is 9.88. The van der Waals surface area contributed by atoms with Crippen LogP contribution in [-0.2, 0) is 9.59 Å². The summed E-state index contributed by atoms with van der Waals surface area (Å²) in [5, 5.41) is 8.76. The standard InChI is InChI=1S/C13H25N3O2/c1-12(2,10(17)14-4)9-15-11(18)13(3)7-5-6-8-16-13/h16H,5-9H2,1-4H3,(H,14,17)(H,15,18). The molecule has 1 unspecified atom stereocenters. The molecule has 0 aliphatic carbocycles. The Hall–Kier alpha value is -1.10. The lowest BCUT2D eigenvalue weighted by Gasteiger charge is -2.34. The van der Waals surface area contributed by atoms with Crippen LogP contribution in [0.3, 0.4) is 0 Å². The lowest BCUT2D eigenvalue weighted by molar-refractivity contribution is -0.131. The molecule has 0 spiro atoms. The highest BCUT2D eigenvalue weighted by Crippen LogP contribution is 2.20. The van der Waals surface area contributed by atoms with Gasteiger partial charge in [-0.15, -0.1) is 0 Å². The highest BCUT2D eigenvalue weighted by atomic mass is 16.2. The van der Waals surface area contributed by atoms with Gasteiger partial charge in [0.2, 0.25) is 11.8 Å². The van der Waals surface area contributed by atoms with Gasteiger partial charge in [0, 0.05) is 13.6 Å². The van der Waals surface area contributed by atoms with E-state index in [9.17, 15) is 9.59 Å². The average molecular weight is 255 g/mol. The third-order valence-corrected chi connectivity index (χ3v) is 3.65. The van der Waals surface area contributed by atoms with Gasteiger partial charge in [0.15, 0.2) is 0 Å². The predicted molar refractivity (Wildman–Crippen MR) is 71.1 cm³/mol. The average Bonchev–Trinajstić information content (AvgIpc) is 2.35. The molecule has 1 heterocycles. The first-order valence-corrected chi connectivity index (χ1v) is 6.57. The second-order valence-corrected chi connectivity index (χ2v) is 5.86. The number of rotatable bonds is 4. The Morgan fingerprint density at radius 1 is 1.33 bits per heavy atom. The molecule has 0 aromatic rings. The molecule has 5 heteroatoms. The van der Waals surface area contributed by atoms with E-state index in [4.69, 9.17) is 0 Å². The van der Waals surface area contributed by atoms with E-state index in [2.05, 4.69) is 16.0 Å². The van der Waals surface area contributed by atoms with Gasteiger partial charge in [-0.25, -0.2) is 0 Å². The van der Waals surface area contributed by atoms with Gasteiger partial charge in [-0.3, -0.25) is 9.59 Å². The molecule has 18 heavy (non-hydrogen) atoms. The summed E-state index contributed by atoms with van der Waals surface area (Å²) < 4.78 is 0. The molecule has 1 rings (SSSR count). The van der Waals surface area contributed by atoms with Crippen molar-refractivity contribution in [3.63, 3.8) is 0 Å². The maximum atomic E-state index is 12.2. The zero-order valence-electron chi connectivity index (χ0n) is 11.9. The van der Waals surface area contributed by atoms with Crippen LogP contribution in [0, 0.1) is 5.41 Å². The van der Waals surface area contributed by atoms with Gasteiger partial charge in [-0.05, 0) is 46.6 Å². The summed E-state index contributed by atoms with van der Waals surface area (Å²) in [5.41, 5.74) is -1.08. The van der Waals surface area contributed by atoms with Gasteiger partial charge in [-0.1, -0.05) is 0 Å². The summed E-state index contributed by atoms with van der Waals surface area (Å²) in [6.45, 7) is 6.80. The van der Waals surface area contributed by atoms with Crippen molar-refractivity contribution in [1.82, 2.24) is 16.0 Å². The first-order valence-electron chi connectivity index (χ1n) is 6.57. The van der Waals surface area contributed by atoms with E-state index >= 15 is 0 Å². The highest BCUT2D eigenvalue weighted by Gasteiger charge is 2.36. The third kappa shape index (κ3) is 3.45. The van der Waals surface area contributed by atoms with Crippen LogP contribution in [0.25, 0.3) is 0 Å². The molecule has 0 saturated carbocycles. The minimum Gasteiger partial charge on any atom is -0.359 e. The molecule has 1 aliphatic heterocycles. The topological polar surface area (TPSA) is 70.2 Å². The van der Waals surface area contributed by atoms with Crippen LogP contribution in [0.2, 0.25) is 0 Å². The van der Waals surface area contributed by atoms with E-state index < -0.39 is 11.0 Å². The first kappa shape index (κ1) is 15.0. The number of carbonyl (C=O) groups excluding carboxylic acids is 2. The summed E-state index contributed by atoms with van der Waals surface area (Å²) in [6, 6.07) is 0. The smallest absolute Gasteiger partial charge is 0.240 e. The zero-order chi connectivity index (χ0) is 13.8. The molecular weight excluding hydrogens is 230 g/mol. The van der Waals surface area contributed by atoms with Crippen molar-refractivity contribution in [2.45, 2.75) is 45.6 Å². The van der Waals surface area contributed by atoms with Crippen LogP contribution in [0.15, 0.2) is 0 Å². The molecule has 0 bridgehead atoms. The lowest BCUT2D eigenvalue weighted by Crippen LogP contribution is -2.58. The molecule has 1 aliphatic rings. The highest BCUT2D eigenvalue weighted by molar-refractivity contribution is 5.87. The Morgan fingerprint density at radius 3 is 2.50 bits per heavy atom. The molecule has 104 valence electrons. The van der Waals surface area contributed by atoms with Crippen LogP contribution in [-0.4, -0.2) is 37.5 Å². The van der Waals surface area contributed by atoms with Crippen molar-refractivity contribution in [2.24, 2.45) is 5.41 Å². The largest absolute Gasteiger partial charge is 0.359 e. The Labute approximate surface area is 109 Å². The van der Waals surface area contributed by atoms with E-state index in [-0.39, 0.29) is 11.8 Å². The van der Waals surface area contributed by atoms with Crippen LogP contribution < -0.4 is 16.0 Å². The van der Waals surface area contributed by atoms with Gasteiger partial charge in [0.25, 0.3) is 0 Å². The Kier molecular flexibility index (Phi) is 4.73. The van der Waals surface area contributed by atoms with Crippen molar-refractivity contribution >= 4 is 11.8 Å². The predicted octanol–water partition coefficient (Wildman–Crippen LogP) is 0.407. The van der Waals surface area contributed by atoms with E-state index in [1.165, 1.54) is 0 Å². The van der Waals surface area contributed by atoms with Crippen LogP contribution >= 0.6 is 0 Å². The van der Waals surface area contributed by atoms with Gasteiger partial charge in [-0.2, -0.15) is 0 Å². The van der Waals surface area contributed by atoms with Gasteiger partial charge >= 0.3 is 0 Å². The van der Waals surface area contributed by atoms with Crippen molar-refractivity contribution in [2.75, 3.05) is 20.1 Å². The maximum Gasteiger partial charge on any atom is 0.240 e. The summed E-state index contributed by atoms with van der Waals surface area (Å²) in [5.74, 6) is -0.0799.